The van der Waals surface area contributed by atoms with Crippen molar-refractivity contribution in [1.82, 2.24) is 0 Å². The Morgan fingerprint density at radius 1 is 1.29 bits per heavy atom. The van der Waals surface area contributed by atoms with Crippen LogP contribution in [0.25, 0.3) is 0 Å². The van der Waals surface area contributed by atoms with Crippen LogP contribution >= 0.6 is 0 Å². The van der Waals surface area contributed by atoms with Crippen LogP contribution in [0.15, 0.2) is 0 Å². The molecule has 0 aromatic carbocycles. The first-order valence-corrected chi connectivity index (χ1v) is 7.08. The Morgan fingerprint density at radius 3 is 2.59 bits per heavy atom. The van der Waals surface area contributed by atoms with Crippen molar-refractivity contribution in [3.05, 3.63) is 0 Å². The maximum Gasteiger partial charge on any atom is 0.136 e. The lowest BCUT2D eigenvalue weighted by molar-refractivity contribution is -0.130. The van der Waals surface area contributed by atoms with Gasteiger partial charge in [-0.1, -0.05) is 27.7 Å². The van der Waals surface area contributed by atoms with Gasteiger partial charge >= 0.3 is 0 Å². The average Bonchev–Trinajstić information content (AvgIpc) is 2.57. The lowest BCUT2D eigenvalue weighted by Crippen LogP contribution is -2.57. The number of carbonyl (C=O) groups excluding carboxylic acids is 1. The van der Waals surface area contributed by atoms with Gasteiger partial charge in [-0.25, -0.2) is 0 Å². The number of ketones is 1. The summed E-state index contributed by atoms with van der Waals surface area (Å²) in [5.74, 6) is 1.80. The highest BCUT2D eigenvalue weighted by molar-refractivity contribution is 5.84. The van der Waals surface area contributed by atoms with E-state index in [4.69, 9.17) is 5.73 Å². The zero-order valence-corrected chi connectivity index (χ0v) is 11.5. The molecule has 3 aliphatic rings. The van der Waals surface area contributed by atoms with Crippen LogP contribution in [0.5, 0.6) is 0 Å². The highest BCUT2D eigenvalue weighted by atomic mass is 16.1. The molecule has 0 saturated heterocycles. The average molecular weight is 235 g/mol. The summed E-state index contributed by atoms with van der Waals surface area (Å²) in [6.07, 6.45) is 4.24. The van der Waals surface area contributed by atoms with Crippen molar-refractivity contribution in [2.75, 3.05) is 0 Å². The van der Waals surface area contributed by atoms with Gasteiger partial charge in [-0.3, -0.25) is 4.79 Å². The van der Waals surface area contributed by atoms with E-state index in [1.807, 2.05) is 0 Å². The summed E-state index contributed by atoms with van der Waals surface area (Å²) in [6, 6.07) is 0. The minimum Gasteiger partial charge on any atom is -0.324 e. The molecule has 0 heterocycles. The molecule has 0 amide bonds. The molecule has 2 nitrogen and oxygen atoms in total. The van der Waals surface area contributed by atoms with Gasteiger partial charge in [-0.05, 0) is 41.9 Å². The molecular formula is C15H25NO. The minimum atomic E-state index is -0.107. The summed E-state index contributed by atoms with van der Waals surface area (Å²) in [6.45, 7) is 9.06. The molecule has 3 aliphatic carbocycles. The number of fused-ring (bicyclic) bond motifs is 1. The third kappa shape index (κ3) is 1.01. The van der Waals surface area contributed by atoms with Crippen molar-refractivity contribution >= 4 is 5.78 Å². The van der Waals surface area contributed by atoms with Gasteiger partial charge in [0, 0.05) is 17.9 Å². The molecule has 5 atom stereocenters. The van der Waals surface area contributed by atoms with Crippen LogP contribution in [0.4, 0.5) is 0 Å². The van der Waals surface area contributed by atoms with Crippen molar-refractivity contribution in [1.29, 1.82) is 0 Å². The Balaban J connectivity index is 2.18. The molecule has 17 heavy (non-hydrogen) atoms. The van der Waals surface area contributed by atoms with Crippen molar-refractivity contribution in [2.45, 2.75) is 58.9 Å². The largest absolute Gasteiger partial charge is 0.324 e. The summed E-state index contributed by atoms with van der Waals surface area (Å²) in [4.78, 5) is 12.3. The summed E-state index contributed by atoms with van der Waals surface area (Å²) in [7, 11) is 0. The molecule has 3 saturated carbocycles. The van der Waals surface area contributed by atoms with Gasteiger partial charge in [0.05, 0.1) is 0 Å². The molecule has 3 rings (SSSR count). The fourth-order valence-electron chi connectivity index (χ4n) is 5.64. The molecule has 2 heteroatoms. The molecule has 3 fully saturated rings. The maximum absolute atomic E-state index is 12.3. The van der Waals surface area contributed by atoms with Gasteiger partial charge in [0.1, 0.15) is 5.78 Å². The highest BCUT2D eigenvalue weighted by Gasteiger charge is 2.73. The lowest BCUT2D eigenvalue weighted by atomic mass is 9.62. The quantitative estimate of drug-likeness (QED) is 0.701. The molecule has 96 valence electrons. The predicted octanol–water partition coefficient (Wildman–Crippen LogP) is 2.76. The van der Waals surface area contributed by atoms with E-state index >= 15 is 0 Å². The minimum absolute atomic E-state index is 0.107. The summed E-state index contributed by atoms with van der Waals surface area (Å²) in [5, 5.41) is 0. The number of nitrogens with two attached hydrogens (primary N) is 1. The van der Waals surface area contributed by atoms with Crippen molar-refractivity contribution in [2.24, 2.45) is 34.3 Å². The van der Waals surface area contributed by atoms with E-state index in [1.165, 1.54) is 12.8 Å². The second-order valence-electron chi connectivity index (χ2n) is 7.53. The smallest absolute Gasteiger partial charge is 0.136 e. The van der Waals surface area contributed by atoms with E-state index in [2.05, 4.69) is 27.7 Å². The summed E-state index contributed by atoms with van der Waals surface area (Å²) in [5.41, 5.74) is 7.00. The molecular weight excluding hydrogens is 210 g/mol. The highest BCUT2D eigenvalue weighted by Crippen LogP contribution is 2.72. The molecule has 2 bridgehead atoms. The van der Waals surface area contributed by atoms with Gasteiger partial charge in [0.2, 0.25) is 0 Å². The van der Waals surface area contributed by atoms with Gasteiger partial charge < -0.3 is 5.73 Å². The third-order valence-corrected chi connectivity index (χ3v) is 7.07. The molecule has 1 spiro atoms. The third-order valence-electron chi connectivity index (χ3n) is 7.07. The van der Waals surface area contributed by atoms with Crippen LogP contribution < -0.4 is 5.73 Å². The van der Waals surface area contributed by atoms with Crippen molar-refractivity contribution in [3.8, 4) is 0 Å². The normalized spacial score (nSPS) is 56.1. The van der Waals surface area contributed by atoms with E-state index in [0.29, 0.717) is 17.6 Å². The predicted molar refractivity (Wildman–Crippen MR) is 68.4 cm³/mol. The Bertz CT molecular complexity index is 388. The molecule has 0 aromatic rings. The van der Waals surface area contributed by atoms with Crippen LogP contribution in [-0.4, -0.2) is 11.3 Å². The maximum atomic E-state index is 12.3. The first-order chi connectivity index (χ1) is 7.76. The molecule has 0 aromatic heterocycles. The number of Topliss-reactive ketones (excluding diaryl/α,β-unsaturated/α-hetero) is 1. The molecule has 0 radical (unpaired) electrons. The van der Waals surface area contributed by atoms with Gasteiger partial charge in [-0.15, -0.1) is 0 Å². The summed E-state index contributed by atoms with van der Waals surface area (Å²) >= 11 is 0. The van der Waals surface area contributed by atoms with E-state index in [9.17, 15) is 4.79 Å². The zero-order valence-electron chi connectivity index (χ0n) is 11.5. The van der Waals surface area contributed by atoms with Crippen LogP contribution in [0, 0.1) is 28.6 Å². The van der Waals surface area contributed by atoms with Crippen molar-refractivity contribution in [3.63, 3.8) is 0 Å². The fourth-order valence-corrected chi connectivity index (χ4v) is 5.64. The van der Waals surface area contributed by atoms with Crippen LogP contribution in [0.2, 0.25) is 0 Å². The lowest BCUT2D eigenvalue weighted by Gasteiger charge is -2.46. The standard InChI is InChI=1S/C15H25NO/c1-9-5-6-15(16)13(3,4)11-7-14(9,15)8-12(17)10(11)2/h9-11H,5-8,16H2,1-4H3. The number of hydrogen-bond donors (Lipinski definition) is 1. The second kappa shape index (κ2) is 2.96. The van der Waals surface area contributed by atoms with Crippen LogP contribution in [-0.2, 0) is 4.79 Å². The van der Waals surface area contributed by atoms with E-state index in [-0.39, 0.29) is 22.3 Å². The molecule has 0 aliphatic heterocycles. The number of carbonyl (C=O) groups is 1. The fraction of sp³-hybridized carbons (Fsp3) is 0.933. The number of rotatable bonds is 0. The Morgan fingerprint density at radius 2 is 1.94 bits per heavy atom. The Kier molecular flexibility index (Phi) is 2.04. The van der Waals surface area contributed by atoms with Gasteiger partial charge in [-0.2, -0.15) is 0 Å². The zero-order chi connectivity index (χ0) is 12.6. The summed E-state index contributed by atoms with van der Waals surface area (Å²) < 4.78 is 0. The van der Waals surface area contributed by atoms with Crippen LogP contribution in [0.3, 0.4) is 0 Å². The number of hydrogen-bond acceptors (Lipinski definition) is 2. The first-order valence-electron chi connectivity index (χ1n) is 7.08. The van der Waals surface area contributed by atoms with Gasteiger partial charge in [0.15, 0.2) is 0 Å². The van der Waals surface area contributed by atoms with E-state index < -0.39 is 0 Å². The first kappa shape index (κ1) is 11.7. The second-order valence-corrected chi connectivity index (χ2v) is 7.53. The van der Waals surface area contributed by atoms with E-state index in [1.54, 1.807) is 0 Å². The molecule has 2 N–H and O–H groups in total. The Labute approximate surface area is 104 Å². The van der Waals surface area contributed by atoms with Gasteiger partial charge in [0.25, 0.3) is 0 Å². The van der Waals surface area contributed by atoms with E-state index in [0.717, 1.165) is 12.8 Å². The van der Waals surface area contributed by atoms with Crippen LogP contribution in [0.1, 0.15) is 53.4 Å². The topological polar surface area (TPSA) is 43.1 Å². The SMILES string of the molecule is CC1C(=O)CC23CC1C(C)(C)C2(N)CCC3C. The van der Waals surface area contributed by atoms with Crippen molar-refractivity contribution < 1.29 is 4.79 Å². The monoisotopic (exact) mass is 235 g/mol. The molecule has 5 unspecified atom stereocenters. The Hall–Kier alpha value is -0.370.